The van der Waals surface area contributed by atoms with Crippen LogP contribution in [-0.4, -0.2) is 17.8 Å². The van der Waals surface area contributed by atoms with E-state index in [1.54, 1.807) is 18.2 Å². The summed E-state index contributed by atoms with van der Waals surface area (Å²) in [5, 5.41) is 11.1. The first-order chi connectivity index (χ1) is 9.04. The van der Waals surface area contributed by atoms with E-state index in [1.807, 2.05) is 6.92 Å². The summed E-state index contributed by atoms with van der Waals surface area (Å²) < 4.78 is 5.18. The normalized spacial score (nSPS) is 18.9. The molecule has 0 N–H and O–H groups in total. The number of carbonyl (C=O) groups is 1. The van der Waals surface area contributed by atoms with Crippen LogP contribution in [0.1, 0.15) is 25.3 Å². The average molecular weight is 261 g/mol. The molecule has 0 unspecified atom stereocenters. The molecular formula is C14H15NO4. The molecule has 2 rings (SSSR count). The van der Waals surface area contributed by atoms with E-state index in [0.29, 0.717) is 23.3 Å². The molecule has 1 aliphatic rings. The molecular weight excluding hydrogens is 246 g/mol. The quantitative estimate of drug-likeness (QED) is 0.619. The van der Waals surface area contributed by atoms with E-state index in [-0.39, 0.29) is 17.4 Å². The number of benzene rings is 1. The summed E-state index contributed by atoms with van der Waals surface area (Å²) in [7, 11) is 1.44. The molecule has 5 heteroatoms. The molecule has 0 saturated carbocycles. The summed E-state index contributed by atoms with van der Waals surface area (Å²) in [5.74, 6) is 0.533. The summed E-state index contributed by atoms with van der Waals surface area (Å²) in [6.45, 7) is 1.99. The van der Waals surface area contributed by atoms with Gasteiger partial charge in [0.2, 0.25) is 0 Å². The van der Waals surface area contributed by atoms with Gasteiger partial charge in [0.25, 0.3) is 5.69 Å². The molecule has 0 bridgehead atoms. The van der Waals surface area contributed by atoms with Crippen molar-refractivity contribution in [2.24, 2.45) is 5.92 Å². The number of methoxy groups -OCH3 is 1. The number of ketones is 1. The van der Waals surface area contributed by atoms with Gasteiger partial charge in [-0.05, 0) is 18.4 Å². The second-order valence-electron chi connectivity index (χ2n) is 4.63. The first kappa shape index (κ1) is 13.3. The van der Waals surface area contributed by atoms with Crippen molar-refractivity contribution < 1.29 is 14.5 Å². The molecule has 0 aromatic heterocycles. The molecule has 0 amide bonds. The van der Waals surface area contributed by atoms with Gasteiger partial charge in [0, 0.05) is 18.1 Å². The topological polar surface area (TPSA) is 69.4 Å². The molecule has 1 aliphatic carbocycles. The summed E-state index contributed by atoms with van der Waals surface area (Å²) in [6, 6.07) is 4.58. The van der Waals surface area contributed by atoms with Crippen molar-refractivity contribution in [1.29, 1.82) is 0 Å². The zero-order chi connectivity index (χ0) is 14.0. The smallest absolute Gasteiger partial charge is 0.281 e. The van der Waals surface area contributed by atoms with Crippen LogP contribution in [0.15, 0.2) is 24.3 Å². The summed E-state index contributed by atoms with van der Waals surface area (Å²) in [6.07, 6.45) is 3.00. The highest BCUT2D eigenvalue weighted by atomic mass is 16.6. The van der Waals surface area contributed by atoms with Gasteiger partial charge in [-0.25, -0.2) is 0 Å². The minimum Gasteiger partial charge on any atom is -0.496 e. The number of nitrogens with zero attached hydrogens (tertiary/aromatic N) is 1. The van der Waals surface area contributed by atoms with Gasteiger partial charge < -0.3 is 4.74 Å². The molecule has 0 aliphatic heterocycles. The van der Waals surface area contributed by atoms with Crippen LogP contribution in [0.25, 0.3) is 5.57 Å². The highest BCUT2D eigenvalue weighted by Crippen LogP contribution is 2.38. The number of nitro groups is 1. The molecule has 5 nitrogen and oxygen atoms in total. The molecule has 1 aromatic carbocycles. The van der Waals surface area contributed by atoms with Crippen LogP contribution in [0.3, 0.4) is 0 Å². The van der Waals surface area contributed by atoms with Crippen LogP contribution in [0, 0.1) is 16.0 Å². The van der Waals surface area contributed by atoms with Crippen molar-refractivity contribution in [2.45, 2.75) is 19.8 Å². The van der Waals surface area contributed by atoms with Gasteiger partial charge in [0.05, 0.1) is 12.0 Å². The number of hydrogen-bond donors (Lipinski definition) is 0. The van der Waals surface area contributed by atoms with Crippen molar-refractivity contribution in [3.05, 3.63) is 40.0 Å². The SMILES string of the molecule is COc1cccc([N+](=O)[O-])c1C1=C[C@@H](C)CCC1=O. The maximum atomic E-state index is 12.0. The Hall–Kier alpha value is -2.17. The summed E-state index contributed by atoms with van der Waals surface area (Å²) in [4.78, 5) is 22.7. The Kier molecular flexibility index (Phi) is 3.64. The van der Waals surface area contributed by atoms with Crippen LogP contribution >= 0.6 is 0 Å². The minimum atomic E-state index is -0.481. The van der Waals surface area contributed by atoms with E-state index in [2.05, 4.69) is 0 Å². The zero-order valence-electron chi connectivity index (χ0n) is 10.9. The monoisotopic (exact) mass is 261 g/mol. The van der Waals surface area contributed by atoms with Crippen LogP contribution in [0.5, 0.6) is 5.75 Å². The van der Waals surface area contributed by atoms with E-state index >= 15 is 0 Å². The Morgan fingerprint density at radius 1 is 1.42 bits per heavy atom. The fourth-order valence-electron chi connectivity index (χ4n) is 2.29. The number of ether oxygens (including phenoxy) is 1. The predicted octanol–water partition coefficient (Wildman–Crippen LogP) is 2.99. The molecule has 19 heavy (non-hydrogen) atoms. The molecule has 100 valence electrons. The molecule has 0 heterocycles. The number of Topliss-reactive ketones (excluding diaryl/α,β-unsaturated/α-hetero) is 1. The van der Waals surface area contributed by atoms with Crippen molar-refractivity contribution in [1.82, 2.24) is 0 Å². The number of carbonyl (C=O) groups excluding carboxylic acids is 1. The Morgan fingerprint density at radius 3 is 2.79 bits per heavy atom. The van der Waals surface area contributed by atoms with Crippen molar-refractivity contribution >= 4 is 17.0 Å². The Labute approximate surface area is 111 Å². The number of hydrogen-bond acceptors (Lipinski definition) is 4. The fraction of sp³-hybridized carbons (Fsp3) is 0.357. The lowest BCUT2D eigenvalue weighted by Crippen LogP contribution is -2.13. The van der Waals surface area contributed by atoms with Gasteiger partial charge in [-0.2, -0.15) is 0 Å². The number of rotatable bonds is 3. The van der Waals surface area contributed by atoms with Gasteiger partial charge in [-0.1, -0.05) is 19.1 Å². The summed E-state index contributed by atoms with van der Waals surface area (Å²) >= 11 is 0. The van der Waals surface area contributed by atoms with Gasteiger partial charge in [0.15, 0.2) is 5.78 Å². The van der Waals surface area contributed by atoms with Crippen LogP contribution in [0.2, 0.25) is 0 Å². The molecule has 1 aromatic rings. The van der Waals surface area contributed by atoms with Gasteiger partial charge in [0.1, 0.15) is 11.3 Å². The molecule has 0 saturated heterocycles. The van der Waals surface area contributed by atoms with Crippen LogP contribution < -0.4 is 4.74 Å². The second kappa shape index (κ2) is 5.22. The fourth-order valence-corrected chi connectivity index (χ4v) is 2.29. The van der Waals surface area contributed by atoms with Crippen LogP contribution in [0.4, 0.5) is 5.69 Å². The van der Waals surface area contributed by atoms with E-state index in [9.17, 15) is 14.9 Å². The lowest BCUT2D eigenvalue weighted by molar-refractivity contribution is -0.385. The van der Waals surface area contributed by atoms with E-state index < -0.39 is 4.92 Å². The molecule has 0 spiro atoms. The largest absolute Gasteiger partial charge is 0.496 e. The third-order valence-electron chi connectivity index (χ3n) is 3.27. The minimum absolute atomic E-state index is 0.0642. The van der Waals surface area contributed by atoms with Gasteiger partial charge in [-0.3, -0.25) is 14.9 Å². The number of allylic oxidation sites excluding steroid dienone is 2. The third kappa shape index (κ3) is 2.50. The van der Waals surface area contributed by atoms with Crippen molar-refractivity contribution in [3.63, 3.8) is 0 Å². The Morgan fingerprint density at radius 2 is 2.16 bits per heavy atom. The first-order valence-electron chi connectivity index (χ1n) is 6.11. The lowest BCUT2D eigenvalue weighted by atomic mass is 9.86. The molecule has 1 atom stereocenters. The maximum absolute atomic E-state index is 12.0. The molecule has 0 fully saturated rings. The second-order valence-corrected chi connectivity index (χ2v) is 4.63. The standard InChI is InChI=1S/C14H15NO4/c1-9-6-7-12(16)10(8-9)14-11(15(17)18)4-3-5-13(14)19-2/h3-5,8-9H,6-7H2,1-2H3/t9-/m0/s1. The number of nitro benzene ring substituents is 1. The highest BCUT2D eigenvalue weighted by Gasteiger charge is 2.28. The van der Waals surface area contributed by atoms with Crippen molar-refractivity contribution in [3.8, 4) is 5.75 Å². The molecule has 0 radical (unpaired) electrons. The van der Waals surface area contributed by atoms with Crippen LogP contribution in [-0.2, 0) is 4.79 Å². The highest BCUT2D eigenvalue weighted by molar-refractivity contribution is 6.23. The Balaban J connectivity index is 2.66. The third-order valence-corrected chi connectivity index (χ3v) is 3.27. The van der Waals surface area contributed by atoms with E-state index in [4.69, 9.17) is 4.74 Å². The van der Waals surface area contributed by atoms with E-state index in [0.717, 1.165) is 6.42 Å². The zero-order valence-corrected chi connectivity index (χ0v) is 10.9. The van der Waals surface area contributed by atoms with E-state index in [1.165, 1.54) is 13.2 Å². The predicted molar refractivity (Wildman–Crippen MR) is 71.0 cm³/mol. The van der Waals surface area contributed by atoms with Gasteiger partial charge >= 0.3 is 0 Å². The average Bonchev–Trinajstić information content (AvgIpc) is 2.40. The first-order valence-corrected chi connectivity index (χ1v) is 6.11. The lowest BCUT2D eigenvalue weighted by Gasteiger charge is -2.18. The van der Waals surface area contributed by atoms with Gasteiger partial charge in [-0.15, -0.1) is 0 Å². The summed E-state index contributed by atoms with van der Waals surface area (Å²) in [5.41, 5.74) is 0.613. The maximum Gasteiger partial charge on any atom is 0.281 e. The Bertz CT molecular complexity index is 563. The van der Waals surface area contributed by atoms with Crippen molar-refractivity contribution in [2.75, 3.05) is 7.11 Å².